The molecule has 30 heavy (non-hydrogen) atoms. The fourth-order valence-electron chi connectivity index (χ4n) is 4.09. The lowest BCUT2D eigenvalue weighted by atomic mass is 9.85. The third-order valence-electron chi connectivity index (χ3n) is 5.75. The number of esters is 1. The Morgan fingerprint density at radius 1 is 1.03 bits per heavy atom. The maximum atomic E-state index is 12.2. The summed E-state index contributed by atoms with van der Waals surface area (Å²) in [4.78, 5) is 15.2. The number of nitrogen functional groups attached to an aromatic ring is 1. The van der Waals surface area contributed by atoms with Gasteiger partial charge in [-0.3, -0.25) is 0 Å². The summed E-state index contributed by atoms with van der Waals surface area (Å²) in [5.41, 5.74) is 13.8. The van der Waals surface area contributed by atoms with E-state index in [9.17, 15) is 4.79 Å². The number of ether oxygens (including phenoxy) is 1. The van der Waals surface area contributed by atoms with Crippen LogP contribution in [0.25, 0.3) is 11.1 Å². The number of aryl methyl sites for hydroxylation is 2. The number of hydrogen-bond acceptors (Lipinski definition) is 3. The van der Waals surface area contributed by atoms with E-state index in [0.717, 1.165) is 30.4 Å². The van der Waals surface area contributed by atoms with E-state index < -0.39 is 0 Å². The molecule has 1 aliphatic carbocycles. The Hall–Kier alpha value is -3.01. The van der Waals surface area contributed by atoms with E-state index in [1.54, 1.807) is 13.1 Å². The van der Waals surface area contributed by atoms with Gasteiger partial charge in [0, 0.05) is 11.8 Å². The van der Waals surface area contributed by atoms with Crippen LogP contribution in [0.2, 0.25) is 0 Å². The van der Waals surface area contributed by atoms with E-state index in [1.807, 2.05) is 6.07 Å². The zero-order valence-corrected chi connectivity index (χ0v) is 18.3. The highest BCUT2D eigenvalue weighted by atomic mass is 16.5. The lowest BCUT2D eigenvalue weighted by Crippen LogP contribution is -2.09. The minimum atomic E-state index is -0.367. The predicted molar refractivity (Wildman–Crippen MR) is 124 cm³/mol. The number of hydrogen-bond donors (Lipinski definition) is 2. The normalized spacial score (nSPS) is 12.5. The zero-order chi connectivity index (χ0) is 21.5. The van der Waals surface area contributed by atoms with Crippen LogP contribution in [0.15, 0.2) is 48.7 Å². The smallest absolute Gasteiger partial charge is 0.342 e. The summed E-state index contributed by atoms with van der Waals surface area (Å²) in [5.74, 6) is -0.000980. The Bertz CT molecular complexity index is 990. The lowest BCUT2D eigenvalue weighted by Gasteiger charge is -2.20. The van der Waals surface area contributed by atoms with Crippen molar-refractivity contribution < 1.29 is 9.53 Å². The first kappa shape index (κ1) is 21.7. The summed E-state index contributed by atoms with van der Waals surface area (Å²) < 4.78 is 5.14. The summed E-state index contributed by atoms with van der Waals surface area (Å²) in [6.45, 7) is 6.43. The van der Waals surface area contributed by atoms with Crippen molar-refractivity contribution in [1.29, 1.82) is 0 Å². The molecule has 158 valence electrons. The number of H-pyrrole nitrogens is 1. The number of nitrogens with one attached hydrogen (secondary N) is 1. The first-order valence-corrected chi connectivity index (χ1v) is 10.9. The molecule has 1 aromatic heterocycles. The van der Waals surface area contributed by atoms with Crippen molar-refractivity contribution in [2.75, 3.05) is 12.3 Å². The van der Waals surface area contributed by atoms with Gasteiger partial charge in [0.15, 0.2) is 0 Å². The van der Waals surface area contributed by atoms with E-state index in [2.05, 4.69) is 55.2 Å². The van der Waals surface area contributed by atoms with Crippen LogP contribution in [-0.4, -0.2) is 17.6 Å². The molecule has 0 bridgehead atoms. The van der Waals surface area contributed by atoms with Crippen LogP contribution in [0, 0.1) is 6.92 Å². The molecule has 3 N–H and O–H groups in total. The molecule has 0 spiro atoms. The second-order valence-corrected chi connectivity index (χ2v) is 7.63. The molecule has 3 aromatic rings. The average molecular weight is 405 g/mol. The van der Waals surface area contributed by atoms with E-state index in [1.165, 1.54) is 35.1 Å². The van der Waals surface area contributed by atoms with Gasteiger partial charge in [-0.1, -0.05) is 49.4 Å². The highest BCUT2D eigenvalue weighted by molar-refractivity contribution is 6.02. The zero-order valence-electron chi connectivity index (χ0n) is 18.3. The standard InChI is InChI=1S/C18H22N2O2.C8H10/c1-3-22-18(21)16-15(10-20-17(16)19)14-9-8-12-6-4-5-7-13(12)11(14)2;1-2-8-6-4-3-5-7-8/h8-10,20H,3-7,19H2,1-2H3;3-7H,2H2,1H3. The molecule has 0 fully saturated rings. The van der Waals surface area contributed by atoms with Crippen LogP contribution < -0.4 is 5.73 Å². The van der Waals surface area contributed by atoms with E-state index in [-0.39, 0.29) is 5.97 Å². The third kappa shape index (κ3) is 4.76. The molecule has 1 aliphatic rings. The minimum Gasteiger partial charge on any atom is -0.462 e. The Labute approximate surface area is 179 Å². The molecule has 4 nitrogen and oxygen atoms in total. The SMILES string of the molecule is CCOC(=O)c1c(-c2ccc3c(c2C)CCCC3)c[nH]c1N.CCc1ccccc1. The van der Waals surface area contributed by atoms with Crippen molar-refractivity contribution in [2.24, 2.45) is 0 Å². The maximum absolute atomic E-state index is 12.2. The topological polar surface area (TPSA) is 68.1 Å². The summed E-state index contributed by atoms with van der Waals surface area (Å²) >= 11 is 0. The van der Waals surface area contributed by atoms with Gasteiger partial charge in [-0.25, -0.2) is 4.79 Å². The lowest BCUT2D eigenvalue weighted by molar-refractivity contribution is 0.0528. The third-order valence-corrected chi connectivity index (χ3v) is 5.75. The van der Waals surface area contributed by atoms with Crippen LogP contribution >= 0.6 is 0 Å². The van der Waals surface area contributed by atoms with E-state index in [0.29, 0.717) is 18.0 Å². The molecule has 0 unspecified atom stereocenters. The number of benzene rings is 2. The monoisotopic (exact) mass is 404 g/mol. The molecule has 0 saturated heterocycles. The summed E-state index contributed by atoms with van der Waals surface area (Å²) in [7, 11) is 0. The van der Waals surface area contributed by atoms with Crippen molar-refractivity contribution in [2.45, 2.75) is 52.9 Å². The van der Waals surface area contributed by atoms with Crippen LogP contribution in [0.1, 0.15) is 59.3 Å². The largest absolute Gasteiger partial charge is 0.462 e. The van der Waals surface area contributed by atoms with E-state index in [4.69, 9.17) is 10.5 Å². The fraction of sp³-hybridized carbons (Fsp3) is 0.346. The number of aromatic nitrogens is 1. The number of rotatable bonds is 4. The Balaban J connectivity index is 0.000000269. The Kier molecular flexibility index (Phi) is 7.34. The van der Waals surface area contributed by atoms with Gasteiger partial charge < -0.3 is 15.5 Å². The maximum Gasteiger partial charge on any atom is 0.342 e. The van der Waals surface area contributed by atoms with Gasteiger partial charge in [0.1, 0.15) is 11.4 Å². The van der Waals surface area contributed by atoms with Crippen molar-refractivity contribution in [1.82, 2.24) is 4.98 Å². The second-order valence-electron chi connectivity index (χ2n) is 7.63. The van der Waals surface area contributed by atoms with Gasteiger partial charge in [0.2, 0.25) is 0 Å². The van der Waals surface area contributed by atoms with Crippen LogP contribution in [-0.2, 0) is 24.0 Å². The van der Waals surface area contributed by atoms with Gasteiger partial charge in [-0.05, 0) is 73.8 Å². The molecule has 1 heterocycles. The van der Waals surface area contributed by atoms with Gasteiger partial charge in [-0.2, -0.15) is 0 Å². The fourth-order valence-corrected chi connectivity index (χ4v) is 4.09. The van der Waals surface area contributed by atoms with Crippen molar-refractivity contribution >= 4 is 11.8 Å². The summed E-state index contributed by atoms with van der Waals surface area (Å²) in [6.07, 6.45) is 7.70. The molecule has 2 aromatic carbocycles. The Morgan fingerprint density at radius 2 is 1.77 bits per heavy atom. The number of aromatic amines is 1. The molecule has 4 rings (SSSR count). The van der Waals surface area contributed by atoms with Gasteiger partial charge in [0.25, 0.3) is 0 Å². The van der Waals surface area contributed by atoms with Gasteiger partial charge in [0.05, 0.1) is 6.61 Å². The van der Waals surface area contributed by atoms with Gasteiger partial charge in [-0.15, -0.1) is 0 Å². The molecule has 0 amide bonds. The first-order chi connectivity index (χ1) is 14.6. The number of fused-ring (bicyclic) bond motifs is 1. The quantitative estimate of drug-likeness (QED) is 0.534. The highest BCUT2D eigenvalue weighted by Crippen LogP contribution is 2.35. The number of carbonyl (C=O) groups excluding carboxylic acids is 1. The average Bonchev–Trinajstić information content (AvgIpc) is 3.16. The molecular formula is C26H32N2O2. The molecule has 0 saturated carbocycles. The van der Waals surface area contributed by atoms with E-state index >= 15 is 0 Å². The molecule has 0 aliphatic heterocycles. The number of carbonyl (C=O) groups is 1. The highest BCUT2D eigenvalue weighted by Gasteiger charge is 2.22. The molecule has 0 radical (unpaired) electrons. The predicted octanol–water partition coefficient (Wildman–Crippen LogP) is 5.88. The number of nitrogens with two attached hydrogens (primary N) is 1. The first-order valence-electron chi connectivity index (χ1n) is 10.9. The van der Waals surface area contributed by atoms with Crippen molar-refractivity contribution in [3.8, 4) is 11.1 Å². The van der Waals surface area contributed by atoms with Crippen molar-refractivity contribution in [3.05, 3.63) is 76.5 Å². The van der Waals surface area contributed by atoms with Crippen LogP contribution in [0.5, 0.6) is 0 Å². The van der Waals surface area contributed by atoms with Crippen molar-refractivity contribution in [3.63, 3.8) is 0 Å². The summed E-state index contributed by atoms with van der Waals surface area (Å²) in [5, 5.41) is 0. The molecular weight excluding hydrogens is 372 g/mol. The summed E-state index contributed by atoms with van der Waals surface area (Å²) in [6, 6.07) is 14.7. The second kappa shape index (κ2) is 10.1. The van der Waals surface area contributed by atoms with Crippen LogP contribution in [0.4, 0.5) is 5.82 Å². The molecule has 4 heteroatoms. The minimum absolute atomic E-state index is 0.339. The van der Waals surface area contributed by atoms with Gasteiger partial charge >= 0.3 is 5.97 Å². The Morgan fingerprint density at radius 3 is 2.43 bits per heavy atom. The number of anilines is 1. The van der Waals surface area contributed by atoms with Crippen LogP contribution in [0.3, 0.4) is 0 Å². The molecule has 0 atom stereocenters.